The number of hydrogen-bond acceptors (Lipinski definition) is 6. The normalized spacial score (nSPS) is 16.8. The van der Waals surface area contributed by atoms with Gasteiger partial charge < -0.3 is 26.0 Å². The molecule has 2 aromatic rings. The van der Waals surface area contributed by atoms with Gasteiger partial charge in [-0.25, -0.2) is 4.98 Å². The Morgan fingerprint density at radius 2 is 2.11 bits per heavy atom. The zero-order valence-corrected chi connectivity index (χ0v) is 16.4. The van der Waals surface area contributed by atoms with E-state index in [2.05, 4.69) is 15.6 Å². The van der Waals surface area contributed by atoms with Gasteiger partial charge in [0.1, 0.15) is 11.6 Å². The van der Waals surface area contributed by atoms with Crippen LogP contribution in [0.2, 0.25) is 0 Å². The predicted molar refractivity (Wildman–Crippen MR) is 109 cm³/mol. The van der Waals surface area contributed by atoms with Crippen molar-refractivity contribution in [2.45, 2.75) is 39.3 Å². The van der Waals surface area contributed by atoms with E-state index in [9.17, 15) is 9.59 Å². The fourth-order valence-electron chi connectivity index (χ4n) is 2.91. The molecule has 8 nitrogen and oxygen atoms in total. The Balaban J connectivity index is 1.77. The van der Waals surface area contributed by atoms with Crippen molar-refractivity contribution in [2.75, 3.05) is 22.6 Å². The first-order chi connectivity index (χ1) is 13.3. The van der Waals surface area contributed by atoms with E-state index in [1.165, 1.54) is 0 Å². The molecule has 0 saturated heterocycles. The van der Waals surface area contributed by atoms with E-state index < -0.39 is 12.1 Å². The van der Waals surface area contributed by atoms with Crippen LogP contribution in [-0.4, -0.2) is 36.0 Å². The number of benzene rings is 1. The van der Waals surface area contributed by atoms with Crippen molar-refractivity contribution in [3.8, 4) is 5.75 Å². The second-order valence-corrected chi connectivity index (χ2v) is 6.80. The second-order valence-electron chi connectivity index (χ2n) is 6.80. The topological polar surface area (TPSA) is 110 Å². The third kappa shape index (κ3) is 3.91. The molecule has 0 fully saturated rings. The van der Waals surface area contributed by atoms with Gasteiger partial charge in [0.25, 0.3) is 5.91 Å². The number of anilines is 4. The molecule has 0 bridgehead atoms. The molecule has 0 saturated carbocycles. The Kier molecular flexibility index (Phi) is 5.51. The van der Waals surface area contributed by atoms with Gasteiger partial charge in [0.15, 0.2) is 6.10 Å². The van der Waals surface area contributed by atoms with Crippen molar-refractivity contribution in [2.24, 2.45) is 5.73 Å². The minimum atomic E-state index is -0.544. The van der Waals surface area contributed by atoms with Crippen molar-refractivity contribution in [1.82, 2.24) is 4.98 Å². The van der Waals surface area contributed by atoms with Gasteiger partial charge in [0.05, 0.1) is 23.1 Å². The minimum absolute atomic E-state index is 0.0935. The lowest BCUT2D eigenvalue weighted by Gasteiger charge is -2.30. The van der Waals surface area contributed by atoms with E-state index in [1.807, 2.05) is 32.0 Å². The molecular formula is C20H25N5O3. The number of nitrogens with two attached hydrogens (primary N) is 1. The molecule has 0 radical (unpaired) electrons. The number of hydrogen-bond donors (Lipinski definition) is 3. The van der Waals surface area contributed by atoms with Crippen LogP contribution in [0.3, 0.4) is 0 Å². The summed E-state index contributed by atoms with van der Waals surface area (Å²) in [5, 5.41) is 6.01. The van der Waals surface area contributed by atoms with E-state index in [0.717, 1.165) is 5.69 Å². The number of pyridine rings is 1. The number of nitrogens with zero attached hydrogens (tertiary/aromatic N) is 2. The van der Waals surface area contributed by atoms with E-state index in [-0.39, 0.29) is 11.8 Å². The van der Waals surface area contributed by atoms with Crippen LogP contribution in [0.4, 0.5) is 22.9 Å². The number of carbonyl (C=O) groups excluding carboxylic acids is 2. The molecule has 8 heteroatoms. The Labute approximate surface area is 164 Å². The van der Waals surface area contributed by atoms with Crippen LogP contribution in [0.15, 0.2) is 30.3 Å². The van der Waals surface area contributed by atoms with Gasteiger partial charge in [-0.1, -0.05) is 6.92 Å². The van der Waals surface area contributed by atoms with Crippen LogP contribution < -0.4 is 26.0 Å². The Hall–Kier alpha value is -3.13. The van der Waals surface area contributed by atoms with E-state index >= 15 is 0 Å². The Morgan fingerprint density at radius 3 is 2.79 bits per heavy atom. The summed E-state index contributed by atoms with van der Waals surface area (Å²) in [7, 11) is 1.73. The zero-order valence-electron chi connectivity index (χ0n) is 16.4. The van der Waals surface area contributed by atoms with Crippen molar-refractivity contribution < 1.29 is 14.3 Å². The molecule has 0 aliphatic carbocycles. The molecule has 0 spiro atoms. The molecule has 1 aromatic heterocycles. The van der Waals surface area contributed by atoms with Gasteiger partial charge in [0, 0.05) is 12.7 Å². The molecule has 4 N–H and O–H groups in total. The lowest BCUT2D eigenvalue weighted by atomic mass is 10.2. The number of carbonyl (C=O) groups is 2. The SMILES string of the molecule is CCC(N)C(=O)Nc1ccc(Nc2ccc3c(c2)N(C)C(=O)C(C)O3)nc1C. The highest BCUT2D eigenvalue weighted by atomic mass is 16.5. The first-order valence-electron chi connectivity index (χ1n) is 9.19. The van der Waals surface area contributed by atoms with Gasteiger partial charge in [0.2, 0.25) is 5.91 Å². The van der Waals surface area contributed by atoms with Crippen LogP contribution in [0, 0.1) is 6.92 Å². The third-order valence-electron chi connectivity index (χ3n) is 4.70. The number of aryl methyl sites for hydroxylation is 1. The molecule has 2 heterocycles. The summed E-state index contributed by atoms with van der Waals surface area (Å²) in [5.41, 5.74) is 8.51. The molecule has 148 valence electrons. The van der Waals surface area contributed by atoms with Gasteiger partial charge in [-0.3, -0.25) is 9.59 Å². The molecule has 1 aliphatic rings. The number of aromatic nitrogens is 1. The highest BCUT2D eigenvalue weighted by Crippen LogP contribution is 2.36. The van der Waals surface area contributed by atoms with E-state index in [0.29, 0.717) is 35.1 Å². The molecule has 1 aromatic carbocycles. The molecule has 28 heavy (non-hydrogen) atoms. The maximum Gasteiger partial charge on any atom is 0.267 e. The summed E-state index contributed by atoms with van der Waals surface area (Å²) < 4.78 is 5.63. The van der Waals surface area contributed by atoms with Crippen LogP contribution in [0.1, 0.15) is 26.0 Å². The summed E-state index contributed by atoms with van der Waals surface area (Å²) in [6.45, 7) is 5.40. The fourth-order valence-corrected chi connectivity index (χ4v) is 2.91. The fraction of sp³-hybridized carbons (Fsp3) is 0.350. The monoisotopic (exact) mass is 383 g/mol. The van der Waals surface area contributed by atoms with Gasteiger partial charge in [-0.15, -0.1) is 0 Å². The summed E-state index contributed by atoms with van der Waals surface area (Å²) in [6.07, 6.45) is 0.0691. The molecular weight excluding hydrogens is 358 g/mol. The molecule has 2 atom stereocenters. The van der Waals surface area contributed by atoms with Gasteiger partial charge >= 0.3 is 0 Å². The lowest BCUT2D eigenvalue weighted by Crippen LogP contribution is -2.41. The maximum atomic E-state index is 12.1. The Bertz CT molecular complexity index is 915. The van der Waals surface area contributed by atoms with Gasteiger partial charge in [-0.05, 0) is 50.6 Å². The van der Waals surface area contributed by atoms with Crippen molar-refractivity contribution in [1.29, 1.82) is 0 Å². The van der Waals surface area contributed by atoms with Crippen molar-refractivity contribution in [3.63, 3.8) is 0 Å². The third-order valence-corrected chi connectivity index (χ3v) is 4.70. The molecule has 2 unspecified atom stereocenters. The summed E-state index contributed by atoms with van der Waals surface area (Å²) >= 11 is 0. The number of fused-ring (bicyclic) bond motifs is 1. The van der Waals surface area contributed by atoms with Crippen LogP contribution in [-0.2, 0) is 9.59 Å². The smallest absolute Gasteiger partial charge is 0.267 e. The number of nitrogens with one attached hydrogen (secondary N) is 2. The zero-order chi connectivity index (χ0) is 20.4. The van der Waals surface area contributed by atoms with Crippen molar-refractivity contribution in [3.05, 3.63) is 36.0 Å². The molecule has 2 amide bonds. The van der Waals surface area contributed by atoms with E-state index in [1.54, 1.807) is 31.0 Å². The number of amides is 2. The summed E-state index contributed by atoms with van der Waals surface area (Å²) in [6, 6.07) is 8.53. The standard InChI is InChI=1S/C20H25N5O3/c1-5-14(21)19(26)24-15-7-9-18(22-11(15)2)23-13-6-8-17-16(10-13)25(4)20(27)12(3)28-17/h6-10,12,14H,5,21H2,1-4H3,(H,22,23)(H,24,26). The largest absolute Gasteiger partial charge is 0.479 e. The number of rotatable bonds is 5. The average Bonchev–Trinajstić information content (AvgIpc) is 2.68. The average molecular weight is 383 g/mol. The second kappa shape index (κ2) is 7.85. The van der Waals surface area contributed by atoms with Gasteiger partial charge in [-0.2, -0.15) is 0 Å². The molecule has 3 rings (SSSR count). The minimum Gasteiger partial charge on any atom is -0.479 e. The number of likely N-dealkylation sites (N-methyl/N-ethyl adjacent to an activating group) is 1. The van der Waals surface area contributed by atoms with Crippen molar-refractivity contribution >= 4 is 34.7 Å². The Morgan fingerprint density at radius 1 is 1.36 bits per heavy atom. The first-order valence-corrected chi connectivity index (χ1v) is 9.19. The molecule has 1 aliphatic heterocycles. The summed E-state index contributed by atoms with van der Waals surface area (Å²) in [4.78, 5) is 30.2. The number of ether oxygens (including phenoxy) is 1. The van der Waals surface area contributed by atoms with Crippen LogP contribution >= 0.6 is 0 Å². The predicted octanol–water partition coefficient (Wildman–Crippen LogP) is 2.55. The van der Waals surface area contributed by atoms with Crippen LogP contribution in [0.5, 0.6) is 5.75 Å². The first kappa shape index (κ1) is 19.6. The highest BCUT2D eigenvalue weighted by molar-refractivity contribution is 6.00. The van der Waals surface area contributed by atoms with Crippen LogP contribution in [0.25, 0.3) is 0 Å². The highest BCUT2D eigenvalue weighted by Gasteiger charge is 2.28. The summed E-state index contributed by atoms with van der Waals surface area (Å²) in [5.74, 6) is 0.956. The quantitative estimate of drug-likeness (QED) is 0.732. The van der Waals surface area contributed by atoms with E-state index in [4.69, 9.17) is 10.5 Å². The maximum absolute atomic E-state index is 12.1. The lowest BCUT2D eigenvalue weighted by molar-refractivity contribution is -0.125.